The van der Waals surface area contributed by atoms with Crippen molar-refractivity contribution in [2.75, 3.05) is 12.3 Å². The zero-order chi connectivity index (χ0) is 20.7. The number of carbonyl (C=O) groups is 1. The lowest BCUT2D eigenvalue weighted by atomic mass is 10.1. The summed E-state index contributed by atoms with van der Waals surface area (Å²) in [5.74, 6) is -1.39. The number of nitrogens with one attached hydrogen (secondary N) is 1. The molecule has 3 rings (SSSR count). The summed E-state index contributed by atoms with van der Waals surface area (Å²) in [6.07, 6.45) is 1.56. The van der Waals surface area contributed by atoms with Gasteiger partial charge in [-0.05, 0) is 42.7 Å². The van der Waals surface area contributed by atoms with Gasteiger partial charge in [-0.3, -0.25) is 4.79 Å². The summed E-state index contributed by atoms with van der Waals surface area (Å²) >= 11 is 0. The highest BCUT2D eigenvalue weighted by Gasteiger charge is 2.19. The van der Waals surface area contributed by atoms with Gasteiger partial charge in [0.1, 0.15) is 5.82 Å². The predicted octanol–water partition coefficient (Wildman–Crippen LogP) is 2.59. The first-order valence-corrected chi connectivity index (χ1v) is 10.7. The Morgan fingerprint density at radius 1 is 1.03 bits per heavy atom. The normalized spacial score (nSPS) is 11.3. The van der Waals surface area contributed by atoms with Gasteiger partial charge in [-0.1, -0.05) is 35.5 Å². The van der Waals surface area contributed by atoms with Gasteiger partial charge < -0.3 is 9.84 Å². The molecule has 0 fully saturated rings. The molecular formula is C20H20FN3O4S. The molecule has 0 atom stereocenters. The molecule has 0 aliphatic rings. The van der Waals surface area contributed by atoms with Crippen molar-refractivity contribution in [2.24, 2.45) is 0 Å². The average molecular weight is 417 g/mol. The Labute approximate surface area is 167 Å². The van der Waals surface area contributed by atoms with Crippen LogP contribution in [0.1, 0.15) is 28.5 Å². The molecule has 152 valence electrons. The molecule has 0 bridgehead atoms. The zero-order valence-electron chi connectivity index (χ0n) is 15.5. The third-order valence-corrected chi connectivity index (χ3v) is 5.93. The fourth-order valence-corrected chi connectivity index (χ4v) is 3.89. The zero-order valence-corrected chi connectivity index (χ0v) is 16.4. The maximum Gasteiger partial charge on any atom is 0.315 e. The molecule has 0 unspecified atom stereocenters. The maximum absolute atomic E-state index is 12.9. The van der Waals surface area contributed by atoms with Crippen LogP contribution in [0.15, 0.2) is 64.0 Å². The number of aromatic nitrogens is 2. The molecule has 0 aliphatic heterocycles. The number of rotatable bonds is 9. The minimum absolute atomic E-state index is 0.0128. The number of nitrogens with zero attached hydrogens (tertiary/aromatic N) is 2. The van der Waals surface area contributed by atoms with Gasteiger partial charge in [-0.2, -0.15) is 4.98 Å². The predicted molar refractivity (Wildman–Crippen MR) is 104 cm³/mol. The molecule has 9 heteroatoms. The van der Waals surface area contributed by atoms with Crippen molar-refractivity contribution in [1.82, 2.24) is 15.5 Å². The Hall–Kier alpha value is -3.07. The van der Waals surface area contributed by atoms with Crippen LogP contribution in [0.3, 0.4) is 0 Å². The number of carbonyl (C=O) groups excluding carboxylic acids is 1. The van der Waals surface area contributed by atoms with Crippen LogP contribution in [0.4, 0.5) is 4.39 Å². The molecule has 0 aliphatic carbocycles. The van der Waals surface area contributed by atoms with Crippen molar-refractivity contribution < 1.29 is 22.1 Å². The van der Waals surface area contributed by atoms with E-state index in [1.165, 1.54) is 17.7 Å². The summed E-state index contributed by atoms with van der Waals surface area (Å²) in [7, 11) is -3.62. The highest BCUT2D eigenvalue weighted by Crippen LogP contribution is 2.13. The molecule has 2 aromatic carbocycles. The quantitative estimate of drug-likeness (QED) is 0.424. The Morgan fingerprint density at radius 3 is 2.48 bits per heavy atom. The van der Waals surface area contributed by atoms with Gasteiger partial charge in [0.15, 0.2) is 15.7 Å². The molecule has 1 heterocycles. The van der Waals surface area contributed by atoms with Gasteiger partial charge in [-0.25, -0.2) is 12.8 Å². The summed E-state index contributed by atoms with van der Waals surface area (Å²) in [5, 5.41) is 6.35. The van der Waals surface area contributed by atoms with Gasteiger partial charge in [0.05, 0.1) is 10.6 Å². The third kappa shape index (κ3) is 5.95. The molecule has 0 radical (unpaired) electrons. The van der Waals surface area contributed by atoms with E-state index in [-0.39, 0.29) is 28.8 Å². The fourth-order valence-electron chi connectivity index (χ4n) is 2.65. The summed E-state index contributed by atoms with van der Waals surface area (Å²) in [5.41, 5.74) is 1.18. The first kappa shape index (κ1) is 20.7. The summed E-state index contributed by atoms with van der Waals surface area (Å²) in [6.45, 7) is 0.449. The van der Waals surface area contributed by atoms with Crippen LogP contribution in [0.5, 0.6) is 0 Å². The van der Waals surface area contributed by atoms with E-state index in [1.54, 1.807) is 0 Å². The van der Waals surface area contributed by atoms with E-state index in [0.29, 0.717) is 6.54 Å². The molecule has 1 aromatic heterocycles. The van der Waals surface area contributed by atoms with E-state index < -0.39 is 21.6 Å². The molecule has 0 saturated heterocycles. The Bertz CT molecular complexity index is 1050. The number of sulfone groups is 1. The maximum atomic E-state index is 12.9. The first-order chi connectivity index (χ1) is 13.9. The van der Waals surface area contributed by atoms with Crippen molar-refractivity contribution in [2.45, 2.75) is 24.2 Å². The lowest BCUT2D eigenvalue weighted by Crippen LogP contribution is -2.25. The standard InChI is InChI=1S/C20H20FN3O4S/c21-16-8-10-17(11-9-16)29(26,27)14-12-18-23-20(28-24-18)19(25)22-13-4-7-15-5-2-1-3-6-15/h1-3,5-6,8-11H,4,7,12-14H2,(H,22,25). The monoisotopic (exact) mass is 417 g/mol. The number of hydrogen-bond acceptors (Lipinski definition) is 6. The second-order valence-corrected chi connectivity index (χ2v) is 8.49. The van der Waals surface area contributed by atoms with Gasteiger partial charge in [0.2, 0.25) is 0 Å². The molecule has 0 saturated carbocycles. The Balaban J connectivity index is 1.47. The first-order valence-electron chi connectivity index (χ1n) is 9.07. The van der Waals surface area contributed by atoms with Crippen LogP contribution in [0.25, 0.3) is 0 Å². The molecule has 3 aromatic rings. The van der Waals surface area contributed by atoms with Crippen LogP contribution in [0, 0.1) is 5.82 Å². The van der Waals surface area contributed by atoms with Crippen molar-refractivity contribution in [3.8, 4) is 0 Å². The number of aryl methyl sites for hydroxylation is 2. The molecule has 0 spiro atoms. The summed E-state index contributed by atoms with van der Waals surface area (Å²) in [4.78, 5) is 16.0. The minimum Gasteiger partial charge on any atom is -0.348 e. The van der Waals surface area contributed by atoms with Crippen LogP contribution < -0.4 is 5.32 Å². The van der Waals surface area contributed by atoms with E-state index >= 15 is 0 Å². The number of amides is 1. The second kappa shape index (κ2) is 9.42. The number of hydrogen-bond donors (Lipinski definition) is 1. The Morgan fingerprint density at radius 2 is 1.76 bits per heavy atom. The Kier molecular flexibility index (Phi) is 6.71. The van der Waals surface area contributed by atoms with Gasteiger partial charge >= 0.3 is 11.8 Å². The molecular weight excluding hydrogens is 397 g/mol. The highest BCUT2D eigenvalue weighted by atomic mass is 32.2. The van der Waals surface area contributed by atoms with Crippen LogP contribution in [0.2, 0.25) is 0 Å². The summed E-state index contributed by atoms with van der Waals surface area (Å²) < 4.78 is 42.4. The lowest BCUT2D eigenvalue weighted by molar-refractivity contribution is 0.0909. The van der Waals surface area contributed by atoms with Crippen molar-refractivity contribution >= 4 is 15.7 Å². The van der Waals surface area contributed by atoms with E-state index in [1.807, 2.05) is 30.3 Å². The van der Waals surface area contributed by atoms with Crippen molar-refractivity contribution in [3.05, 3.63) is 77.7 Å². The van der Waals surface area contributed by atoms with E-state index in [0.717, 1.165) is 25.0 Å². The average Bonchev–Trinajstić information content (AvgIpc) is 3.20. The molecule has 1 N–H and O–H groups in total. The third-order valence-electron chi connectivity index (χ3n) is 4.20. The van der Waals surface area contributed by atoms with E-state index in [9.17, 15) is 17.6 Å². The summed E-state index contributed by atoms with van der Waals surface area (Å²) in [6, 6.07) is 14.5. The SMILES string of the molecule is O=C(NCCCc1ccccc1)c1nc(CCS(=O)(=O)c2ccc(F)cc2)no1. The topological polar surface area (TPSA) is 102 Å². The molecule has 1 amide bonds. The van der Waals surface area contributed by atoms with Crippen molar-refractivity contribution in [3.63, 3.8) is 0 Å². The lowest BCUT2D eigenvalue weighted by Gasteiger charge is -2.03. The highest BCUT2D eigenvalue weighted by molar-refractivity contribution is 7.91. The van der Waals surface area contributed by atoms with Crippen LogP contribution in [-0.2, 0) is 22.7 Å². The smallest absolute Gasteiger partial charge is 0.315 e. The number of benzene rings is 2. The van der Waals surface area contributed by atoms with E-state index in [2.05, 4.69) is 15.5 Å². The molecule has 7 nitrogen and oxygen atoms in total. The number of halogens is 1. The van der Waals surface area contributed by atoms with Gasteiger partial charge in [-0.15, -0.1) is 0 Å². The van der Waals surface area contributed by atoms with E-state index in [4.69, 9.17) is 4.52 Å². The largest absolute Gasteiger partial charge is 0.348 e. The van der Waals surface area contributed by atoms with Gasteiger partial charge in [0.25, 0.3) is 0 Å². The second-order valence-electron chi connectivity index (χ2n) is 6.38. The van der Waals surface area contributed by atoms with Crippen molar-refractivity contribution in [1.29, 1.82) is 0 Å². The molecule has 29 heavy (non-hydrogen) atoms. The van der Waals surface area contributed by atoms with Crippen LogP contribution in [-0.4, -0.2) is 36.8 Å². The van der Waals surface area contributed by atoms with Gasteiger partial charge in [0, 0.05) is 13.0 Å². The van der Waals surface area contributed by atoms with Crippen LogP contribution >= 0.6 is 0 Å². The fraction of sp³-hybridized carbons (Fsp3) is 0.250. The minimum atomic E-state index is -3.62.